The second-order valence-electron chi connectivity index (χ2n) is 5.94. The van der Waals surface area contributed by atoms with Crippen LogP contribution >= 0.6 is 24.0 Å². The Morgan fingerprint density at radius 2 is 1.83 bits per heavy atom. The van der Waals surface area contributed by atoms with Crippen LogP contribution in [0.1, 0.15) is 11.1 Å². The number of nitrogens with one attached hydrogen (secondary N) is 1. The molecule has 1 N–H and O–H groups in total. The molecule has 128 valence electrons. The van der Waals surface area contributed by atoms with Gasteiger partial charge in [0.05, 0.1) is 5.02 Å². The quantitative estimate of drug-likeness (QED) is 0.671. The largest absolute Gasteiger partial charge is 0.487 e. The summed E-state index contributed by atoms with van der Waals surface area (Å²) < 4.78 is 5.92. The van der Waals surface area contributed by atoms with Crippen LogP contribution in [0.4, 0.5) is 0 Å². The average Bonchev–Trinajstić information content (AvgIpc) is 2.97. The lowest BCUT2D eigenvalue weighted by molar-refractivity contribution is 0.307. The summed E-state index contributed by atoms with van der Waals surface area (Å²) in [5, 5.41) is 1.76. The van der Waals surface area contributed by atoms with E-state index in [-0.39, 0.29) is 12.4 Å². The van der Waals surface area contributed by atoms with Crippen LogP contribution in [-0.4, -0.2) is 30.5 Å². The molecule has 0 bridgehead atoms. The summed E-state index contributed by atoms with van der Waals surface area (Å²) in [7, 11) is 4.15. The van der Waals surface area contributed by atoms with Crippen molar-refractivity contribution in [3.05, 3.63) is 64.8 Å². The van der Waals surface area contributed by atoms with Crippen LogP contribution < -0.4 is 4.74 Å². The molecule has 0 saturated carbocycles. The van der Waals surface area contributed by atoms with Crippen molar-refractivity contribution in [3.63, 3.8) is 0 Å². The van der Waals surface area contributed by atoms with E-state index in [1.807, 2.05) is 48.7 Å². The molecule has 3 nitrogen and oxygen atoms in total. The number of nitrogens with zero attached hydrogens (tertiary/aromatic N) is 1. The summed E-state index contributed by atoms with van der Waals surface area (Å²) in [6, 6.07) is 14.1. The van der Waals surface area contributed by atoms with Gasteiger partial charge >= 0.3 is 0 Å². The Kier molecular flexibility index (Phi) is 6.55. The van der Waals surface area contributed by atoms with Crippen molar-refractivity contribution in [2.75, 3.05) is 20.6 Å². The number of likely N-dealkylation sites (N-methyl/N-ethyl adjacent to an activating group) is 1. The molecule has 5 heteroatoms. The zero-order chi connectivity index (χ0) is 16.2. The van der Waals surface area contributed by atoms with Gasteiger partial charge in [-0.2, -0.15) is 0 Å². The lowest BCUT2D eigenvalue weighted by atomic mass is 10.1. The first-order valence-corrected chi connectivity index (χ1v) is 8.13. The fourth-order valence-electron chi connectivity index (χ4n) is 2.62. The van der Waals surface area contributed by atoms with Gasteiger partial charge in [0.2, 0.25) is 0 Å². The molecule has 0 unspecified atom stereocenters. The number of rotatable bonds is 6. The highest BCUT2D eigenvalue weighted by Gasteiger charge is 2.12. The summed E-state index contributed by atoms with van der Waals surface area (Å²) in [6.45, 7) is 1.50. The van der Waals surface area contributed by atoms with Gasteiger partial charge in [0, 0.05) is 23.6 Å². The topological polar surface area (TPSA) is 28.3 Å². The molecule has 0 aliphatic heterocycles. The Balaban J connectivity index is 0.00000208. The van der Waals surface area contributed by atoms with Gasteiger partial charge in [-0.3, -0.25) is 0 Å². The number of hydrogen-bond acceptors (Lipinski definition) is 2. The van der Waals surface area contributed by atoms with Gasteiger partial charge in [-0.25, -0.2) is 0 Å². The van der Waals surface area contributed by atoms with E-state index in [4.69, 9.17) is 16.3 Å². The van der Waals surface area contributed by atoms with Gasteiger partial charge in [0.15, 0.2) is 0 Å². The van der Waals surface area contributed by atoms with Gasteiger partial charge < -0.3 is 14.6 Å². The van der Waals surface area contributed by atoms with Crippen LogP contribution in [0.15, 0.2) is 48.7 Å². The lowest BCUT2D eigenvalue weighted by Crippen LogP contribution is -2.14. The summed E-state index contributed by atoms with van der Waals surface area (Å²) in [4.78, 5) is 5.46. The highest BCUT2D eigenvalue weighted by molar-refractivity contribution is 6.37. The Labute approximate surface area is 154 Å². The minimum absolute atomic E-state index is 0. The Hall–Kier alpha value is -1.68. The molecule has 0 radical (unpaired) electrons. The van der Waals surface area contributed by atoms with E-state index in [2.05, 4.69) is 24.0 Å². The Morgan fingerprint density at radius 3 is 2.54 bits per heavy atom. The van der Waals surface area contributed by atoms with Crippen LogP contribution in [0.5, 0.6) is 5.75 Å². The van der Waals surface area contributed by atoms with Crippen LogP contribution in [0, 0.1) is 0 Å². The number of ether oxygens (including phenoxy) is 1. The number of hydrogen-bond donors (Lipinski definition) is 1. The second kappa shape index (κ2) is 8.43. The van der Waals surface area contributed by atoms with Crippen molar-refractivity contribution >= 4 is 34.9 Å². The monoisotopic (exact) mass is 364 g/mol. The molecule has 3 aromatic rings. The van der Waals surface area contributed by atoms with Crippen molar-refractivity contribution in [1.29, 1.82) is 0 Å². The molecule has 0 aliphatic carbocycles. The van der Waals surface area contributed by atoms with Crippen molar-refractivity contribution in [1.82, 2.24) is 9.88 Å². The third-order valence-electron chi connectivity index (χ3n) is 3.90. The molecule has 0 fully saturated rings. The molecule has 0 amide bonds. The summed E-state index contributed by atoms with van der Waals surface area (Å²) in [5.41, 5.74) is 3.41. The van der Waals surface area contributed by atoms with E-state index in [1.165, 1.54) is 5.56 Å². The Morgan fingerprint density at radius 1 is 1.08 bits per heavy atom. The summed E-state index contributed by atoms with van der Waals surface area (Å²) >= 11 is 6.61. The molecule has 2 aromatic carbocycles. The summed E-state index contributed by atoms with van der Waals surface area (Å²) in [5.74, 6) is 0.730. The highest BCUT2D eigenvalue weighted by atomic mass is 35.5. The van der Waals surface area contributed by atoms with E-state index in [0.717, 1.165) is 35.2 Å². The van der Waals surface area contributed by atoms with Gasteiger partial charge in [-0.1, -0.05) is 41.9 Å². The van der Waals surface area contributed by atoms with E-state index in [9.17, 15) is 0 Å². The van der Waals surface area contributed by atoms with Crippen molar-refractivity contribution < 1.29 is 4.74 Å². The third-order valence-corrected chi connectivity index (χ3v) is 4.27. The van der Waals surface area contributed by atoms with Crippen molar-refractivity contribution in [2.24, 2.45) is 0 Å². The molecule has 0 atom stereocenters. The Bertz CT molecular complexity index is 785. The molecular weight excluding hydrogens is 343 g/mol. The standard InChI is InChI=1S/C19H21ClN2O.ClH/c1-22(2)11-10-15-12-21-16-8-9-17(19(20)18(15)16)23-13-14-6-4-3-5-7-14;/h3-9,12,21H,10-11,13H2,1-2H3;1H. The lowest BCUT2D eigenvalue weighted by Gasteiger charge is -2.11. The SMILES string of the molecule is CN(C)CCc1c[nH]c2ccc(OCc3ccccc3)c(Cl)c12.Cl. The number of H-pyrrole nitrogens is 1. The third kappa shape index (κ3) is 4.23. The first kappa shape index (κ1) is 18.7. The van der Waals surface area contributed by atoms with E-state index in [1.54, 1.807) is 0 Å². The van der Waals surface area contributed by atoms with Gasteiger partial charge in [0.25, 0.3) is 0 Å². The minimum Gasteiger partial charge on any atom is -0.487 e. The molecule has 0 aliphatic rings. The molecule has 1 aromatic heterocycles. The zero-order valence-electron chi connectivity index (χ0n) is 13.9. The summed E-state index contributed by atoms with van der Waals surface area (Å²) in [6.07, 6.45) is 3.00. The van der Waals surface area contributed by atoms with Crippen molar-refractivity contribution in [2.45, 2.75) is 13.0 Å². The van der Waals surface area contributed by atoms with Gasteiger partial charge in [-0.15, -0.1) is 12.4 Å². The predicted molar refractivity (Wildman–Crippen MR) is 104 cm³/mol. The molecule has 24 heavy (non-hydrogen) atoms. The fraction of sp³-hybridized carbons (Fsp3) is 0.263. The fourth-order valence-corrected chi connectivity index (χ4v) is 2.96. The average molecular weight is 365 g/mol. The van der Waals surface area contributed by atoms with E-state index in [0.29, 0.717) is 11.6 Å². The van der Waals surface area contributed by atoms with Crippen LogP contribution in [0.2, 0.25) is 5.02 Å². The number of halogens is 2. The molecule has 1 heterocycles. The van der Waals surface area contributed by atoms with Crippen LogP contribution in [0.25, 0.3) is 10.9 Å². The molecule has 3 rings (SSSR count). The number of fused-ring (bicyclic) bond motifs is 1. The second-order valence-corrected chi connectivity index (χ2v) is 6.32. The molecule has 0 spiro atoms. The van der Waals surface area contributed by atoms with E-state index < -0.39 is 0 Å². The maximum atomic E-state index is 6.61. The van der Waals surface area contributed by atoms with Gasteiger partial charge in [0.1, 0.15) is 12.4 Å². The molecule has 0 saturated heterocycles. The predicted octanol–water partition coefficient (Wildman–Crippen LogP) is 4.93. The first-order valence-electron chi connectivity index (χ1n) is 7.75. The normalized spacial score (nSPS) is 10.8. The number of benzene rings is 2. The minimum atomic E-state index is 0. The van der Waals surface area contributed by atoms with Crippen molar-refractivity contribution in [3.8, 4) is 5.75 Å². The molecular formula is C19H22Cl2N2O. The highest BCUT2D eigenvalue weighted by Crippen LogP contribution is 2.35. The van der Waals surface area contributed by atoms with E-state index >= 15 is 0 Å². The zero-order valence-corrected chi connectivity index (χ0v) is 15.5. The maximum Gasteiger partial charge on any atom is 0.139 e. The smallest absolute Gasteiger partial charge is 0.139 e. The van der Waals surface area contributed by atoms with Gasteiger partial charge in [-0.05, 0) is 43.8 Å². The maximum absolute atomic E-state index is 6.61. The van der Waals surface area contributed by atoms with Crippen LogP contribution in [-0.2, 0) is 13.0 Å². The number of aromatic nitrogens is 1. The number of aromatic amines is 1. The first-order chi connectivity index (χ1) is 11.1. The van der Waals surface area contributed by atoms with Crippen LogP contribution in [0.3, 0.4) is 0 Å².